The van der Waals surface area contributed by atoms with Crippen molar-refractivity contribution in [1.82, 2.24) is 0 Å². The molecule has 0 saturated heterocycles. The predicted octanol–water partition coefficient (Wildman–Crippen LogP) is 5.82. The molecular weight excluding hydrogens is 358 g/mol. The largest absolute Gasteiger partial charge is 0.417 e. The number of hydrogen-bond acceptors (Lipinski definition) is 2. The van der Waals surface area contributed by atoms with E-state index in [-0.39, 0.29) is 16.3 Å². The van der Waals surface area contributed by atoms with Crippen molar-refractivity contribution in [3.63, 3.8) is 0 Å². The Morgan fingerprint density at radius 2 is 1.58 bits per heavy atom. The summed E-state index contributed by atoms with van der Waals surface area (Å²) in [4.78, 5) is 0. The molecule has 24 heavy (non-hydrogen) atoms. The van der Waals surface area contributed by atoms with Gasteiger partial charge in [-0.3, -0.25) is 5.43 Å². The summed E-state index contributed by atoms with van der Waals surface area (Å²) >= 11 is 5.75. The van der Waals surface area contributed by atoms with Crippen LogP contribution in [-0.2, 0) is 12.4 Å². The second-order valence-electron chi connectivity index (χ2n) is 4.65. The highest BCUT2D eigenvalue weighted by molar-refractivity contribution is 6.33. The van der Waals surface area contributed by atoms with Crippen LogP contribution in [0, 0.1) is 0 Å². The summed E-state index contributed by atoms with van der Waals surface area (Å²) in [6, 6.07) is 7.18. The van der Waals surface area contributed by atoms with Gasteiger partial charge in [0.05, 0.1) is 28.1 Å². The van der Waals surface area contributed by atoms with Gasteiger partial charge in [-0.15, -0.1) is 0 Å². The summed E-state index contributed by atoms with van der Waals surface area (Å²) in [5.74, 6) is 0. The van der Waals surface area contributed by atoms with Gasteiger partial charge in [0, 0.05) is 5.56 Å². The highest BCUT2D eigenvalue weighted by Crippen LogP contribution is 2.34. The monoisotopic (exact) mass is 366 g/mol. The lowest BCUT2D eigenvalue weighted by Crippen LogP contribution is -2.09. The van der Waals surface area contributed by atoms with Crippen LogP contribution in [0.15, 0.2) is 47.6 Å². The van der Waals surface area contributed by atoms with Crippen molar-refractivity contribution in [2.45, 2.75) is 12.4 Å². The van der Waals surface area contributed by atoms with Crippen LogP contribution in [0.4, 0.5) is 32.0 Å². The summed E-state index contributed by atoms with van der Waals surface area (Å²) in [6.07, 6.45) is -8.29. The minimum atomic E-state index is -4.58. The lowest BCUT2D eigenvalue weighted by molar-refractivity contribution is -0.138. The van der Waals surface area contributed by atoms with Crippen LogP contribution in [0.2, 0.25) is 5.02 Å². The molecule has 2 nitrogen and oxygen atoms in total. The first-order valence-electron chi connectivity index (χ1n) is 6.41. The molecular formula is C15H9ClF6N2. The fourth-order valence-corrected chi connectivity index (χ4v) is 1.99. The van der Waals surface area contributed by atoms with Crippen molar-refractivity contribution in [3.05, 3.63) is 64.2 Å². The van der Waals surface area contributed by atoms with Gasteiger partial charge in [-0.25, -0.2) is 0 Å². The second-order valence-corrected chi connectivity index (χ2v) is 5.05. The first kappa shape index (κ1) is 18.1. The van der Waals surface area contributed by atoms with Crippen LogP contribution in [-0.4, -0.2) is 6.21 Å². The zero-order valence-electron chi connectivity index (χ0n) is 11.7. The van der Waals surface area contributed by atoms with Gasteiger partial charge in [0.25, 0.3) is 0 Å². The zero-order chi connectivity index (χ0) is 18.0. The molecule has 0 aliphatic rings. The molecule has 0 amide bonds. The topological polar surface area (TPSA) is 24.4 Å². The van der Waals surface area contributed by atoms with Crippen LogP contribution in [0.25, 0.3) is 0 Å². The Bertz CT molecular complexity index is 752. The Labute approximate surface area is 137 Å². The maximum atomic E-state index is 12.8. The van der Waals surface area contributed by atoms with Crippen molar-refractivity contribution >= 4 is 23.5 Å². The number of hydrazone groups is 1. The van der Waals surface area contributed by atoms with Gasteiger partial charge in [-0.1, -0.05) is 29.8 Å². The first-order valence-corrected chi connectivity index (χ1v) is 6.79. The van der Waals surface area contributed by atoms with E-state index in [0.717, 1.165) is 30.5 Å². The minimum absolute atomic E-state index is 0.0516. The van der Waals surface area contributed by atoms with Crippen LogP contribution in [0.3, 0.4) is 0 Å². The van der Waals surface area contributed by atoms with Crippen LogP contribution in [0.5, 0.6) is 0 Å². The highest BCUT2D eigenvalue weighted by Gasteiger charge is 2.32. The number of benzene rings is 2. The van der Waals surface area contributed by atoms with Crippen LogP contribution < -0.4 is 5.43 Å². The second kappa shape index (κ2) is 6.72. The smallest absolute Gasteiger partial charge is 0.277 e. The molecule has 0 aliphatic heterocycles. The normalized spacial score (nSPS) is 12.6. The molecule has 2 aromatic rings. The number of nitrogens with one attached hydrogen (secondary N) is 1. The van der Waals surface area contributed by atoms with E-state index in [9.17, 15) is 26.3 Å². The molecule has 2 aromatic carbocycles. The van der Waals surface area contributed by atoms with Gasteiger partial charge < -0.3 is 0 Å². The molecule has 0 bridgehead atoms. The lowest BCUT2D eigenvalue weighted by Gasteiger charge is -2.11. The van der Waals surface area contributed by atoms with Gasteiger partial charge in [0.2, 0.25) is 0 Å². The van der Waals surface area contributed by atoms with E-state index in [1.165, 1.54) is 18.2 Å². The summed E-state index contributed by atoms with van der Waals surface area (Å²) in [6.45, 7) is 0. The molecule has 0 saturated carbocycles. The standard InChI is InChI=1S/C15H9ClF6N2/c16-12-6-5-10(14(17,18)19)7-13(12)24-23-8-9-3-1-2-4-11(9)15(20,21)22/h1-8,24H/b23-8+. The molecule has 0 aliphatic carbocycles. The number of alkyl halides is 6. The van der Waals surface area contributed by atoms with Gasteiger partial charge >= 0.3 is 12.4 Å². The van der Waals surface area contributed by atoms with E-state index in [1.807, 2.05) is 0 Å². The van der Waals surface area contributed by atoms with Crippen LogP contribution in [0.1, 0.15) is 16.7 Å². The van der Waals surface area contributed by atoms with Crippen molar-refractivity contribution in [2.24, 2.45) is 5.10 Å². The van der Waals surface area contributed by atoms with Crippen molar-refractivity contribution in [3.8, 4) is 0 Å². The van der Waals surface area contributed by atoms with E-state index >= 15 is 0 Å². The minimum Gasteiger partial charge on any atom is -0.277 e. The summed E-state index contributed by atoms with van der Waals surface area (Å²) in [7, 11) is 0. The fourth-order valence-electron chi connectivity index (χ4n) is 1.83. The van der Waals surface area contributed by atoms with E-state index in [1.54, 1.807) is 0 Å². The lowest BCUT2D eigenvalue weighted by atomic mass is 10.1. The maximum absolute atomic E-state index is 12.8. The van der Waals surface area contributed by atoms with Gasteiger partial charge in [0.1, 0.15) is 0 Å². The third-order valence-corrected chi connectivity index (χ3v) is 3.28. The number of nitrogens with zero attached hydrogens (tertiary/aromatic N) is 1. The first-order chi connectivity index (χ1) is 11.1. The molecule has 128 valence electrons. The van der Waals surface area contributed by atoms with Gasteiger partial charge in [0.15, 0.2) is 0 Å². The van der Waals surface area contributed by atoms with Crippen molar-refractivity contribution in [1.29, 1.82) is 0 Å². The number of hydrogen-bond donors (Lipinski definition) is 1. The zero-order valence-corrected chi connectivity index (χ0v) is 12.5. The molecule has 1 N–H and O–H groups in total. The van der Waals surface area contributed by atoms with Gasteiger partial charge in [-0.05, 0) is 24.3 Å². The Balaban J connectivity index is 2.25. The van der Waals surface area contributed by atoms with E-state index in [2.05, 4.69) is 10.5 Å². The average molecular weight is 367 g/mol. The Hall–Kier alpha value is -2.22. The third kappa shape index (κ3) is 4.41. The Morgan fingerprint density at radius 1 is 0.917 bits per heavy atom. The average Bonchev–Trinajstić information content (AvgIpc) is 2.47. The van der Waals surface area contributed by atoms with Crippen LogP contribution >= 0.6 is 11.6 Å². The molecule has 0 fully saturated rings. The number of anilines is 1. The highest BCUT2D eigenvalue weighted by atomic mass is 35.5. The van der Waals surface area contributed by atoms with Crippen molar-refractivity contribution < 1.29 is 26.3 Å². The maximum Gasteiger partial charge on any atom is 0.417 e. The van der Waals surface area contributed by atoms with Gasteiger partial charge in [-0.2, -0.15) is 31.4 Å². The Morgan fingerprint density at radius 3 is 2.21 bits per heavy atom. The molecule has 0 aromatic heterocycles. The molecule has 9 heteroatoms. The fraction of sp³-hybridized carbons (Fsp3) is 0.133. The summed E-state index contributed by atoms with van der Waals surface area (Å²) in [5, 5.41) is 3.49. The molecule has 0 atom stereocenters. The third-order valence-electron chi connectivity index (χ3n) is 2.95. The quantitative estimate of drug-likeness (QED) is 0.413. The van der Waals surface area contributed by atoms with E-state index in [4.69, 9.17) is 11.6 Å². The molecule has 0 heterocycles. The van der Waals surface area contributed by atoms with E-state index < -0.39 is 23.5 Å². The van der Waals surface area contributed by atoms with Crippen molar-refractivity contribution in [2.75, 3.05) is 5.43 Å². The number of halogens is 7. The molecule has 2 rings (SSSR count). The predicted molar refractivity (Wildman–Crippen MR) is 79.1 cm³/mol. The molecule has 0 spiro atoms. The number of rotatable bonds is 3. The summed E-state index contributed by atoms with van der Waals surface area (Å²) < 4.78 is 76.4. The molecule has 0 unspecified atom stereocenters. The SMILES string of the molecule is FC(F)(F)c1ccc(Cl)c(N/N=C/c2ccccc2C(F)(F)F)c1. The summed E-state index contributed by atoms with van der Waals surface area (Å²) in [5.41, 5.74) is -0.0562. The Kier molecular flexibility index (Phi) is 5.08. The van der Waals surface area contributed by atoms with E-state index in [0.29, 0.717) is 0 Å². The molecule has 0 radical (unpaired) electrons.